The van der Waals surface area contributed by atoms with Gasteiger partial charge in [-0.1, -0.05) is 5.16 Å². The summed E-state index contributed by atoms with van der Waals surface area (Å²) < 4.78 is 10.3. The number of piperazine rings is 1. The molecule has 0 saturated carbocycles. The number of carbonyl (C=O) groups excluding carboxylic acids is 1. The quantitative estimate of drug-likeness (QED) is 0.805. The maximum atomic E-state index is 12.2. The Morgan fingerprint density at radius 1 is 1.57 bits per heavy atom. The molecule has 3 heterocycles. The molecule has 0 spiro atoms. The van der Waals surface area contributed by atoms with Crippen LogP contribution >= 0.6 is 0 Å². The first-order chi connectivity index (χ1) is 10.2. The van der Waals surface area contributed by atoms with Gasteiger partial charge in [-0.25, -0.2) is 9.78 Å². The van der Waals surface area contributed by atoms with Gasteiger partial charge in [-0.2, -0.15) is 4.98 Å². The van der Waals surface area contributed by atoms with E-state index in [9.17, 15) is 4.79 Å². The molecule has 1 aliphatic heterocycles. The molecule has 112 valence electrons. The second kappa shape index (κ2) is 5.65. The Bertz CT molecular complexity index is 656. The molecule has 0 radical (unpaired) electrons. The van der Waals surface area contributed by atoms with E-state index < -0.39 is 6.04 Å². The van der Waals surface area contributed by atoms with Crippen molar-refractivity contribution in [1.29, 1.82) is 0 Å². The molecule has 8 heteroatoms. The van der Waals surface area contributed by atoms with E-state index in [1.165, 1.54) is 6.33 Å². The van der Waals surface area contributed by atoms with Gasteiger partial charge in [0.25, 0.3) is 5.71 Å². The van der Waals surface area contributed by atoms with Crippen LogP contribution in [0.4, 0.5) is 5.82 Å². The lowest BCUT2D eigenvalue weighted by atomic mass is 10.1. The summed E-state index contributed by atoms with van der Waals surface area (Å²) in [6.45, 7) is 5.93. The maximum absolute atomic E-state index is 12.2. The van der Waals surface area contributed by atoms with Gasteiger partial charge in [0.2, 0.25) is 0 Å². The zero-order valence-corrected chi connectivity index (χ0v) is 12.0. The maximum Gasteiger partial charge on any atom is 0.330 e. The summed E-state index contributed by atoms with van der Waals surface area (Å²) in [5.74, 6) is 0.406. The lowest BCUT2D eigenvalue weighted by Gasteiger charge is -2.35. The van der Waals surface area contributed by atoms with Gasteiger partial charge < -0.3 is 19.5 Å². The number of rotatable bonds is 3. The second-order valence-corrected chi connectivity index (χ2v) is 4.81. The molecule has 0 amide bonds. The average Bonchev–Trinajstić information content (AvgIpc) is 2.89. The van der Waals surface area contributed by atoms with Crippen molar-refractivity contribution in [1.82, 2.24) is 20.4 Å². The van der Waals surface area contributed by atoms with Crippen LogP contribution in [0, 0.1) is 6.92 Å². The highest BCUT2D eigenvalue weighted by Crippen LogP contribution is 2.27. The van der Waals surface area contributed by atoms with Crippen LogP contribution in [0.2, 0.25) is 0 Å². The van der Waals surface area contributed by atoms with E-state index in [0.717, 1.165) is 11.9 Å². The Kier molecular flexibility index (Phi) is 3.70. The summed E-state index contributed by atoms with van der Waals surface area (Å²) in [5.41, 5.74) is 1.14. The van der Waals surface area contributed by atoms with E-state index in [-0.39, 0.29) is 5.97 Å². The van der Waals surface area contributed by atoms with Crippen LogP contribution in [0.5, 0.6) is 0 Å². The lowest BCUT2D eigenvalue weighted by molar-refractivity contribution is -0.144. The van der Waals surface area contributed by atoms with Crippen LogP contribution in [-0.2, 0) is 9.53 Å². The minimum Gasteiger partial charge on any atom is -0.464 e. The van der Waals surface area contributed by atoms with Gasteiger partial charge >= 0.3 is 5.97 Å². The van der Waals surface area contributed by atoms with E-state index in [0.29, 0.717) is 36.9 Å². The molecular formula is C13H17N5O3. The molecule has 8 nitrogen and oxygen atoms in total. The van der Waals surface area contributed by atoms with Crippen molar-refractivity contribution in [3.05, 3.63) is 12.0 Å². The van der Waals surface area contributed by atoms with Crippen LogP contribution in [0.25, 0.3) is 11.1 Å². The third-order valence-electron chi connectivity index (χ3n) is 3.50. The highest BCUT2D eigenvalue weighted by Gasteiger charge is 2.32. The zero-order chi connectivity index (χ0) is 14.8. The van der Waals surface area contributed by atoms with Crippen LogP contribution in [0.3, 0.4) is 0 Å². The predicted octanol–water partition coefficient (Wildman–Crippen LogP) is 0.268. The smallest absolute Gasteiger partial charge is 0.330 e. The van der Waals surface area contributed by atoms with Gasteiger partial charge in [0.05, 0.1) is 12.3 Å². The molecular weight excluding hydrogens is 274 g/mol. The van der Waals surface area contributed by atoms with Crippen molar-refractivity contribution in [3.8, 4) is 0 Å². The Labute approximate surface area is 121 Å². The molecule has 1 fully saturated rings. The number of nitrogens with zero attached hydrogens (tertiary/aromatic N) is 4. The van der Waals surface area contributed by atoms with Gasteiger partial charge in [0.15, 0.2) is 0 Å². The van der Waals surface area contributed by atoms with E-state index in [1.807, 2.05) is 11.8 Å². The Morgan fingerprint density at radius 3 is 3.24 bits per heavy atom. The predicted molar refractivity (Wildman–Crippen MR) is 75.0 cm³/mol. The van der Waals surface area contributed by atoms with Crippen molar-refractivity contribution in [2.24, 2.45) is 0 Å². The van der Waals surface area contributed by atoms with Crippen molar-refractivity contribution >= 4 is 22.9 Å². The monoisotopic (exact) mass is 291 g/mol. The fraction of sp³-hybridized carbons (Fsp3) is 0.538. The fourth-order valence-corrected chi connectivity index (χ4v) is 2.53. The van der Waals surface area contributed by atoms with E-state index in [4.69, 9.17) is 9.26 Å². The Morgan fingerprint density at radius 2 is 2.43 bits per heavy atom. The van der Waals surface area contributed by atoms with Crippen molar-refractivity contribution in [2.75, 3.05) is 31.1 Å². The normalized spacial score (nSPS) is 19.0. The van der Waals surface area contributed by atoms with Gasteiger partial charge in [-0.15, -0.1) is 0 Å². The number of fused-ring (bicyclic) bond motifs is 1. The van der Waals surface area contributed by atoms with Crippen LogP contribution < -0.4 is 10.2 Å². The number of hydrogen-bond donors (Lipinski definition) is 1. The number of ether oxygens (including phenoxy) is 1. The van der Waals surface area contributed by atoms with E-state index in [2.05, 4.69) is 20.4 Å². The van der Waals surface area contributed by atoms with Crippen molar-refractivity contribution < 1.29 is 14.1 Å². The van der Waals surface area contributed by atoms with Crippen molar-refractivity contribution in [2.45, 2.75) is 19.9 Å². The fourth-order valence-electron chi connectivity index (χ4n) is 2.53. The molecule has 2 aromatic rings. The number of hydrogen-bond acceptors (Lipinski definition) is 8. The Hall–Kier alpha value is -2.22. The summed E-state index contributed by atoms with van der Waals surface area (Å²) >= 11 is 0. The van der Waals surface area contributed by atoms with Crippen LogP contribution in [0.1, 0.15) is 12.6 Å². The summed E-state index contributed by atoms with van der Waals surface area (Å²) in [6.07, 6.45) is 1.42. The highest BCUT2D eigenvalue weighted by atomic mass is 16.5. The van der Waals surface area contributed by atoms with Crippen LogP contribution in [-0.4, -0.2) is 53.4 Å². The summed E-state index contributed by atoms with van der Waals surface area (Å²) in [6, 6.07) is -0.411. The van der Waals surface area contributed by atoms with Gasteiger partial charge in [0, 0.05) is 19.6 Å². The molecule has 1 aliphatic rings. The number of nitrogens with one attached hydrogen (secondary N) is 1. The highest BCUT2D eigenvalue weighted by molar-refractivity contribution is 5.91. The number of carbonyl (C=O) groups is 1. The van der Waals surface area contributed by atoms with Gasteiger partial charge in [-0.05, 0) is 13.8 Å². The number of aryl methyl sites for hydroxylation is 1. The third kappa shape index (κ3) is 2.42. The molecule has 1 N–H and O–H groups in total. The SMILES string of the molecule is CCOC(=O)C1CNCCN1c1ncnc2onc(C)c12. The lowest BCUT2D eigenvalue weighted by Crippen LogP contribution is -2.56. The Balaban J connectivity index is 2.02. The molecule has 3 rings (SSSR count). The first-order valence-electron chi connectivity index (χ1n) is 6.93. The van der Waals surface area contributed by atoms with Crippen LogP contribution in [0.15, 0.2) is 10.9 Å². The number of aromatic nitrogens is 3. The summed E-state index contributed by atoms with van der Waals surface area (Å²) in [5, 5.41) is 7.87. The zero-order valence-electron chi connectivity index (χ0n) is 12.0. The second-order valence-electron chi connectivity index (χ2n) is 4.81. The van der Waals surface area contributed by atoms with E-state index >= 15 is 0 Å². The standard InChI is InChI=1S/C13H17N5O3/c1-3-20-13(19)9-6-14-4-5-18(9)11-10-8(2)17-21-12(10)16-7-15-11/h7,9,14H,3-6H2,1-2H3. The molecule has 1 unspecified atom stereocenters. The average molecular weight is 291 g/mol. The molecule has 2 aromatic heterocycles. The first-order valence-corrected chi connectivity index (χ1v) is 6.93. The molecule has 0 bridgehead atoms. The summed E-state index contributed by atoms with van der Waals surface area (Å²) in [7, 11) is 0. The van der Waals surface area contributed by atoms with E-state index in [1.54, 1.807) is 6.92 Å². The first kappa shape index (κ1) is 13.7. The topological polar surface area (TPSA) is 93.4 Å². The minimum absolute atomic E-state index is 0.259. The number of esters is 1. The largest absolute Gasteiger partial charge is 0.464 e. The molecule has 1 saturated heterocycles. The molecule has 1 atom stereocenters. The molecule has 0 aliphatic carbocycles. The third-order valence-corrected chi connectivity index (χ3v) is 3.50. The minimum atomic E-state index is -0.411. The van der Waals surface area contributed by atoms with Gasteiger partial charge in [-0.3, -0.25) is 0 Å². The molecule has 21 heavy (non-hydrogen) atoms. The molecule has 0 aromatic carbocycles. The summed E-state index contributed by atoms with van der Waals surface area (Å²) in [4.78, 5) is 22.5. The number of anilines is 1. The van der Waals surface area contributed by atoms with Crippen molar-refractivity contribution in [3.63, 3.8) is 0 Å². The van der Waals surface area contributed by atoms with Gasteiger partial charge in [0.1, 0.15) is 23.6 Å².